The molecule has 0 aromatic heterocycles. The van der Waals surface area contributed by atoms with E-state index in [0.29, 0.717) is 5.69 Å². The average Bonchev–Trinajstić information content (AvgIpc) is 3.12. The first kappa shape index (κ1) is 16.8. The van der Waals surface area contributed by atoms with Crippen molar-refractivity contribution < 1.29 is 14.7 Å². The molecule has 1 aliphatic carbocycles. The highest BCUT2D eigenvalue weighted by atomic mass is 16.3. The van der Waals surface area contributed by atoms with Gasteiger partial charge in [-0.05, 0) is 44.2 Å². The Hall–Kier alpha value is -2.04. The third-order valence-electron chi connectivity index (χ3n) is 5.31. The number of anilines is 1. The molecule has 2 fully saturated rings. The van der Waals surface area contributed by atoms with E-state index < -0.39 is 0 Å². The Balaban J connectivity index is 1.70. The standard InChI is InChI=1S/C19H26N2O3/c1-13-8-9-14(12-17(13)22)20-18(23)15-6-2-3-7-16(15)19(24)21-10-4-5-11-21/h8-9,12,15-16,22H,2-7,10-11H2,1H3,(H,20,23). The second kappa shape index (κ2) is 7.24. The number of nitrogens with zero attached hydrogens (tertiary/aromatic N) is 1. The second-order valence-electron chi connectivity index (χ2n) is 7.02. The van der Waals surface area contributed by atoms with Crippen LogP contribution in [0.15, 0.2) is 18.2 Å². The summed E-state index contributed by atoms with van der Waals surface area (Å²) in [5.41, 5.74) is 1.36. The molecule has 1 saturated carbocycles. The molecule has 0 bridgehead atoms. The van der Waals surface area contributed by atoms with Crippen molar-refractivity contribution >= 4 is 17.5 Å². The Morgan fingerprint density at radius 2 is 1.75 bits per heavy atom. The number of hydrogen-bond acceptors (Lipinski definition) is 3. The maximum Gasteiger partial charge on any atom is 0.228 e. The SMILES string of the molecule is Cc1ccc(NC(=O)C2CCCCC2C(=O)N2CCCC2)cc1O. The normalized spacial score (nSPS) is 24.0. The van der Waals surface area contributed by atoms with Crippen molar-refractivity contribution in [2.45, 2.75) is 45.4 Å². The number of phenolic OH excluding ortho intramolecular Hbond substituents is 1. The number of hydrogen-bond donors (Lipinski definition) is 2. The van der Waals surface area contributed by atoms with Crippen LogP contribution in [0.5, 0.6) is 5.75 Å². The van der Waals surface area contributed by atoms with Crippen LogP contribution in [0.4, 0.5) is 5.69 Å². The predicted octanol–water partition coefficient (Wildman–Crippen LogP) is 3.07. The van der Waals surface area contributed by atoms with Crippen molar-refractivity contribution in [2.24, 2.45) is 11.8 Å². The number of carbonyl (C=O) groups excluding carboxylic acids is 2. The molecule has 1 aromatic carbocycles. The molecule has 2 amide bonds. The molecule has 2 aliphatic rings. The number of aromatic hydroxyl groups is 1. The van der Waals surface area contributed by atoms with Gasteiger partial charge in [0.1, 0.15) is 5.75 Å². The fourth-order valence-electron chi connectivity index (χ4n) is 3.83. The molecule has 130 valence electrons. The van der Waals surface area contributed by atoms with E-state index in [1.54, 1.807) is 18.2 Å². The summed E-state index contributed by atoms with van der Waals surface area (Å²) in [6.45, 7) is 3.47. The Labute approximate surface area is 143 Å². The van der Waals surface area contributed by atoms with E-state index in [1.165, 1.54) is 0 Å². The fourth-order valence-corrected chi connectivity index (χ4v) is 3.83. The van der Waals surface area contributed by atoms with Gasteiger partial charge >= 0.3 is 0 Å². The molecular weight excluding hydrogens is 304 g/mol. The van der Waals surface area contributed by atoms with Crippen molar-refractivity contribution in [3.8, 4) is 5.75 Å². The summed E-state index contributed by atoms with van der Waals surface area (Å²) in [5.74, 6) is -0.248. The summed E-state index contributed by atoms with van der Waals surface area (Å²) in [5, 5.41) is 12.7. The Morgan fingerprint density at radius 1 is 1.08 bits per heavy atom. The van der Waals surface area contributed by atoms with Gasteiger partial charge in [0.05, 0.1) is 0 Å². The largest absolute Gasteiger partial charge is 0.508 e. The molecule has 2 N–H and O–H groups in total. The van der Waals surface area contributed by atoms with Crippen LogP contribution in [0.25, 0.3) is 0 Å². The van der Waals surface area contributed by atoms with Crippen LogP contribution >= 0.6 is 0 Å². The van der Waals surface area contributed by atoms with Crippen LogP contribution in [0.3, 0.4) is 0 Å². The Bertz CT molecular complexity index is 623. The maximum absolute atomic E-state index is 12.8. The molecule has 24 heavy (non-hydrogen) atoms. The molecule has 0 radical (unpaired) electrons. The quantitative estimate of drug-likeness (QED) is 0.895. The van der Waals surface area contributed by atoms with E-state index in [0.717, 1.165) is 57.2 Å². The molecule has 1 aromatic rings. The molecule has 2 atom stereocenters. The molecule has 1 aliphatic heterocycles. The van der Waals surface area contributed by atoms with Crippen LogP contribution in [-0.4, -0.2) is 34.9 Å². The summed E-state index contributed by atoms with van der Waals surface area (Å²) in [6.07, 6.45) is 5.69. The highest BCUT2D eigenvalue weighted by Gasteiger charge is 2.38. The van der Waals surface area contributed by atoms with Gasteiger partial charge in [-0.15, -0.1) is 0 Å². The van der Waals surface area contributed by atoms with Gasteiger partial charge < -0.3 is 15.3 Å². The van der Waals surface area contributed by atoms with Crippen molar-refractivity contribution in [1.82, 2.24) is 4.90 Å². The predicted molar refractivity (Wildman–Crippen MR) is 92.7 cm³/mol. The van der Waals surface area contributed by atoms with E-state index in [4.69, 9.17) is 0 Å². The molecule has 2 unspecified atom stereocenters. The zero-order valence-corrected chi connectivity index (χ0v) is 14.3. The van der Waals surface area contributed by atoms with Gasteiger partial charge in [0.2, 0.25) is 11.8 Å². The van der Waals surface area contributed by atoms with Crippen LogP contribution in [0.2, 0.25) is 0 Å². The number of carbonyl (C=O) groups is 2. The monoisotopic (exact) mass is 330 g/mol. The summed E-state index contributed by atoms with van der Waals surface area (Å²) >= 11 is 0. The van der Waals surface area contributed by atoms with Gasteiger partial charge in [0, 0.05) is 36.7 Å². The van der Waals surface area contributed by atoms with Gasteiger partial charge in [-0.3, -0.25) is 9.59 Å². The molecule has 1 heterocycles. The van der Waals surface area contributed by atoms with E-state index in [9.17, 15) is 14.7 Å². The van der Waals surface area contributed by atoms with Crippen molar-refractivity contribution in [1.29, 1.82) is 0 Å². The summed E-state index contributed by atoms with van der Waals surface area (Å²) in [6, 6.07) is 5.12. The van der Waals surface area contributed by atoms with E-state index in [1.807, 2.05) is 11.8 Å². The topological polar surface area (TPSA) is 69.6 Å². The highest BCUT2D eigenvalue weighted by Crippen LogP contribution is 2.33. The lowest BCUT2D eigenvalue weighted by Gasteiger charge is -2.32. The molecular formula is C19H26N2O3. The minimum absolute atomic E-state index is 0.101. The second-order valence-corrected chi connectivity index (χ2v) is 7.02. The van der Waals surface area contributed by atoms with Gasteiger partial charge in [0.15, 0.2) is 0 Å². The molecule has 1 saturated heterocycles. The number of likely N-dealkylation sites (tertiary alicyclic amines) is 1. The van der Waals surface area contributed by atoms with E-state index >= 15 is 0 Å². The summed E-state index contributed by atoms with van der Waals surface area (Å²) in [7, 11) is 0. The number of phenols is 1. The zero-order valence-electron chi connectivity index (χ0n) is 14.3. The van der Waals surface area contributed by atoms with Gasteiger partial charge in [0.25, 0.3) is 0 Å². The average molecular weight is 330 g/mol. The first-order chi connectivity index (χ1) is 11.6. The lowest BCUT2D eigenvalue weighted by Crippen LogP contribution is -2.42. The Kier molecular flexibility index (Phi) is 5.07. The number of rotatable bonds is 3. The third kappa shape index (κ3) is 3.55. The molecule has 5 heteroatoms. The summed E-state index contributed by atoms with van der Waals surface area (Å²) in [4.78, 5) is 27.4. The summed E-state index contributed by atoms with van der Waals surface area (Å²) < 4.78 is 0. The van der Waals surface area contributed by atoms with Gasteiger partial charge in [-0.25, -0.2) is 0 Å². The van der Waals surface area contributed by atoms with Crippen molar-refractivity contribution in [2.75, 3.05) is 18.4 Å². The van der Waals surface area contributed by atoms with Gasteiger partial charge in [-0.2, -0.15) is 0 Å². The number of nitrogens with one attached hydrogen (secondary N) is 1. The molecule has 3 rings (SSSR count). The highest BCUT2D eigenvalue weighted by molar-refractivity contribution is 5.96. The third-order valence-corrected chi connectivity index (χ3v) is 5.31. The minimum Gasteiger partial charge on any atom is -0.508 e. The first-order valence-electron chi connectivity index (χ1n) is 8.95. The zero-order chi connectivity index (χ0) is 17.1. The van der Waals surface area contributed by atoms with Crippen molar-refractivity contribution in [3.05, 3.63) is 23.8 Å². The number of amides is 2. The first-order valence-corrected chi connectivity index (χ1v) is 8.95. The van der Waals surface area contributed by atoms with Gasteiger partial charge in [-0.1, -0.05) is 18.9 Å². The lowest BCUT2D eigenvalue weighted by atomic mass is 9.77. The van der Waals surface area contributed by atoms with E-state index in [-0.39, 0.29) is 29.4 Å². The molecule has 0 spiro atoms. The smallest absolute Gasteiger partial charge is 0.228 e. The lowest BCUT2D eigenvalue weighted by molar-refractivity contribution is -0.141. The van der Waals surface area contributed by atoms with E-state index in [2.05, 4.69) is 5.32 Å². The van der Waals surface area contributed by atoms with Crippen molar-refractivity contribution in [3.63, 3.8) is 0 Å². The maximum atomic E-state index is 12.8. The minimum atomic E-state index is -0.268. The number of aryl methyl sites for hydroxylation is 1. The van der Waals surface area contributed by atoms with Crippen LogP contribution < -0.4 is 5.32 Å². The van der Waals surface area contributed by atoms with Crippen LogP contribution in [0, 0.1) is 18.8 Å². The Morgan fingerprint density at radius 3 is 2.42 bits per heavy atom. The number of benzene rings is 1. The molecule has 5 nitrogen and oxygen atoms in total. The van der Waals surface area contributed by atoms with Crippen LogP contribution in [-0.2, 0) is 9.59 Å². The van der Waals surface area contributed by atoms with Crippen LogP contribution in [0.1, 0.15) is 44.1 Å². The fraction of sp³-hybridized carbons (Fsp3) is 0.579.